The third kappa shape index (κ3) is 4.66. The summed E-state index contributed by atoms with van der Waals surface area (Å²) >= 11 is 0. The first kappa shape index (κ1) is 21.2. The fraction of sp³-hybridized carbons (Fsp3) is 0.261. The zero-order chi connectivity index (χ0) is 22.7. The molecule has 2 aromatic carbocycles. The number of rotatable bonds is 5. The van der Waals surface area contributed by atoms with E-state index < -0.39 is 11.9 Å². The van der Waals surface area contributed by atoms with Crippen molar-refractivity contribution in [2.75, 3.05) is 17.2 Å². The Kier molecular flexibility index (Phi) is 5.98. The molecule has 164 valence electrons. The number of aromatic nitrogens is 2. The molecule has 1 aliphatic heterocycles. The molecule has 0 bridgehead atoms. The summed E-state index contributed by atoms with van der Waals surface area (Å²) < 4.78 is 5.54. The van der Waals surface area contributed by atoms with Crippen LogP contribution in [0.2, 0.25) is 0 Å². The number of aliphatic imine (C=N–C) groups is 1. The molecule has 9 heteroatoms. The number of carbonyl (C=O) groups is 2. The van der Waals surface area contributed by atoms with Gasteiger partial charge in [-0.3, -0.25) is 20.2 Å². The van der Waals surface area contributed by atoms with Crippen LogP contribution in [0.25, 0.3) is 10.9 Å². The summed E-state index contributed by atoms with van der Waals surface area (Å²) in [7, 11) is 0. The van der Waals surface area contributed by atoms with Gasteiger partial charge in [-0.05, 0) is 45.0 Å². The van der Waals surface area contributed by atoms with Gasteiger partial charge in [0.05, 0.1) is 29.9 Å². The summed E-state index contributed by atoms with van der Waals surface area (Å²) in [6, 6.07) is 12.1. The van der Waals surface area contributed by atoms with E-state index in [9.17, 15) is 9.59 Å². The maximum atomic E-state index is 12.8. The van der Waals surface area contributed by atoms with Gasteiger partial charge in [0.15, 0.2) is 0 Å². The van der Waals surface area contributed by atoms with Crippen LogP contribution in [0.4, 0.5) is 11.6 Å². The minimum Gasteiger partial charge on any atom is -0.492 e. The molecule has 3 N–H and O–H groups in total. The van der Waals surface area contributed by atoms with Gasteiger partial charge in [-0.1, -0.05) is 23.8 Å². The number of carbonyl (C=O) groups excluding carboxylic acids is 2. The Hall–Kier alpha value is -4.01. The SMILES string of the molecule is CCOc1ccccc1NC(=O)[C@H]1CC(=O)NC(Nc2nc(C)c3cc(C)ccc3n2)=N1. The second kappa shape index (κ2) is 9.01. The van der Waals surface area contributed by atoms with E-state index in [1.54, 1.807) is 18.2 Å². The van der Waals surface area contributed by atoms with Gasteiger partial charge in [-0.25, -0.2) is 15.0 Å². The Labute approximate surface area is 185 Å². The summed E-state index contributed by atoms with van der Waals surface area (Å²) in [6.07, 6.45) is -0.0648. The summed E-state index contributed by atoms with van der Waals surface area (Å²) in [4.78, 5) is 38.4. The predicted octanol–water partition coefficient (Wildman–Crippen LogP) is 2.94. The number of nitrogens with zero attached hydrogens (tertiary/aromatic N) is 3. The van der Waals surface area contributed by atoms with Crippen molar-refractivity contribution in [3.63, 3.8) is 0 Å². The molecule has 3 aromatic rings. The van der Waals surface area contributed by atoms with E-state index >= 15 is 0 Å². The fourth-order valence-corrected chi connectivity index (χ4v) is 3.43. The molecule has 0 fully saturated rings. The van der Waals surface area contributed by atoms with Crippen molar-refractivity contribution in [1.82, 2.24) is 15.3 Å². The van der Waals surface area contributed by atoms with E-state index in [4.69, 9.17) is 4.74 Å². The normalized spacial score (nSPS) is 15.7. The molecule has 1 atom stereocenters. The third-order valence-electron chi connectivity index (χ3n) is 4.94. The molecule has 0 aliphatic carbocycles. The van der Waals surface area contributed by atoms with Gasteiger partial charge in [0.1, 0.15) is 11.8 Å². The number of guanidine groups is 1. The smallest absolute Gasteiger partial charge is 0.249 e. The molecular weight excluding hydrogens is 408 g/mol. The fourth-order valence-electron chi connectivity index (χ4n) is 3.43. The molecule has 1 aliphatic rings. The highest BCUT2D eigenvalue weighted by molar-refractivity contribution is 6.09. The lowest BCUT2D eigenvalue weighted by molar-refractivity contribution is -0.124. The van der Waals surface area contributed by atoms with Crippen LogP contribution >= 0.6 is 0 Å². The third-order valence-corrected chi connectivity index (χ3v) is 4.94. The van der Waals surface area contributed by atoms with Crippen molar-refractivity contribution in [3.8, 4) is 5.75 Å². The van der Waals surface area contributed by atoms with E-state index in [1.165, 1.54) is 0 Å². The number of aryl methyl sites for hydroxylation is 2. The van der Waals surface area contributed by atoms with Gasteiger partial charge in [-0.2, -0.15) is 0 Å². The Morgan fingerprint density at radius 3 is 2.81 bits per heavy atom. The molecule has 32 heavy (non-hydrogen) atoms. The highest BCUT2D eigenvalue weighted by Gasteiger charge is 2.28. The van der Waals surface area contributed by atoms with Crippen LogP contribution in [0, 0.1) is 13.8 Å². The Bertz CT molecular complexity index is 1220. The summed E-state index contributed by atoms with van der Waals surface area (Å²) in [5.41, 5.74) is 3.22. The molecule has 2 amide bonds. The van der Waals surface area contributed by atoms with Crippen molar-refractivity contribution < 1.29 is 14.3 Å². The van der Waals surface area contributed by atoms with Gasteiger partial charge < -0.3 is 10.1 Å². The summed E-state index contributed by atoms with van der Waals surface area (Å²) in [5, 5.41) is 9.32. The number of anilines is 2. The molecule has 0 saturated heterocycles. The Balaban J connectivity index is 1.55. The number of amides is 2. The Morgan fingerprint density at radius 1 is 1.19 bits per heavy atom. The topological polar surface area (TPSA) is 118 Å². The molecule has 0 unspecified atom stereocenters. The number of para-hydroxylation sites is 2. The van der Waals surface area contributed by atoms with Crippen molar-refractivity contribution in [2.45, 2.75) is 33.2 Å². The zero-order valence-corrected chi connectivity index (χ0v) is 18.1. The number of benzene rings is 2. The first-order chi connectivity index (χ1) is 15.4. The van der Waals surface area contributed by atoms with E-state index in [1.807, 2.05) is 45.0 Å². The molecule has 4 rings (SSSR count). The number of hydrogen-bond donors (Lipinski definition) is 3. The largest absolute Gasteiger partial charge is 0.492 e. The summed E-state index contributed by atoms with van der Waals surface area (Å²) in [5.74, 6) is 0.249. The molecule has 0 spiro atoms. The van der Waals surface area contributed by atoms with Crippen LogP contribution in [0.1, 0.15) is 24.6 Å². The van der Waals surface area contributed by atoms with Crippen molar-refractivity contribution in [1.29, 1.82) is 0 Å². The highest BCUT2D eigenvalue weighted by Crippen LogP contribution is 2.24. The first-order valence-corrected chi connectivity index (χ1v) is 10.4. The van der Waals surface area contributed by atoms with Gasteiger partial charge in [0.25, 0.3) is 0 Å². The van der Waals surface area contributed by atoms with Crippen molar-refractivity contribution in [3.05, 3.63) is 53.7 Å². The van der Waals surface area contributed by atoms with Crippen molar-refractivity contribution >= 4 is 40.3 Å². The maximum Gasteiger partial charge on any atom is 0.249 e. The second-order valence-electron chi connectivity index (χ2n) is 7.44. The van der Waals surface area contributed by atoms with Crippen LogP contribution < -0.4 is 20.7 Å². The van der Waals surface area contributed by atoms with Gasteiger partial charge >= 0.3 is 0 Å². The number of ether oxygens (including phenoxy) is 1. The molecular formula is C23H24N6O3. The van der Waals surface area contributed by atoms with Crippen molar-refractivity contribution in [2.24, 2.45) is 4.99 Å². The van der Waals surface area contributed by atoms with Crippen LogP contribution in [0.15, 0.2) is 47.5 Å². The minimum absolute atomic E-state index is 0.0648. The highest BCUT2D eigenvalue weighted by atomic mass is 16.5. The van der Waals surface area contributed by atoms with Crippen LogP contribution in [-0.4, -0.2) is 40.4 Å². The van der Waals surface area contributed by atoms with Crippen LogP contribution in [-0.2, 0) is 9.59 Å². The number of hydrogen-bond acceptors (Lipinski definition) is 7. The second-order valence-corrected chi connectivity index (χ2v) is 7.44. The molecule has 9 nitrogen and oxygen atoms in total. The minimum atomic E-state index is -0.898. The quantitative estimate of drug-likeness (QED) is 0.571. The maximum absolute atomic E-state index is 12.8. The standard InChI is InChI=1S/C23H24N6O3/c1-4-32-19-8-6-5-7-17(19)25-21(31)18-12-20(30)28-23(27-18)29-22-24-14(3)15-11-13(2)9-10-16(15)26-22/h5-11,18H,4,12H2,1-3H3,(H,25,31)(H2,24,26,27,28,29,30)/t18-/m1/s1. The summed E-state index contributed by atoms with van der Waals surface area (Å²) in [6.45, 7) is 6.23. The van der Waals surface area contributed by atoms with E-state index in [0.29, 0.717) is 24.0 Å². The first-order valence-electron chi connectivity index (χ1n) is 10.4. The van der Waals surface area contributed by atoms with Crippen LogP contribution in [0.5, 0.6) is 5.75 Å². The molecule has 0 radical (unpaired) electrons. The lowest BCUT2D eigenvalue weighted by Gasteiger charge is -2.21. The van der Waals surface area contributed by atoms with Gasteiger partial charge in [0.2, 0.25) is 23.7 Å². The number of nitrogens with one attached hydrogen (secondary N) is 3. The lowest BCUT2D eigenvalue weighted by Crippen LogP contribution is -2.46. The monoisotopic (exact) mass is 432 g/mol. The zero-order valence-electron chi connectivity index (χ0n) is 18.1. The van der Waals surface area contributed by atoms with E-state index in [-0.39, 0.29) is 18.3 Å². The molecule has 2 heterocycles. The van der Waals surface area contributed by atoms with Gasteiger partial charge in [-0.15, -0.1) is 0 Å². The van der Waals surface area contributed by atoms with Crippen LogP contribution in [0.3, 0.4) is 0 Å². The average Bonchev–Trinajstić information content (AvgIpc) is 2.75. The lowest BCUT2D eigenvalue weighted by atomic mass is 10.1. The predicted molar refractivity (Wildman–Crippen MR) is 123 cm³/mol. The van der Waals surface area contributed by atoms with Gasteiger partial charge in [0, 0.05) is 5.39 Å². The molecule has 0 saturated carbocycles. The average molecular weight is 432 g/mol. The van der Waals surface area contributed by atoms with E-state index in [2.05, 4.69) is 30.9 Å². The Morgan fingerprint density at radius 2 is 2.00 bits per heavy atom. The van der Waals surface area contributed by atoms with E-state index in [0.717, 1.165) is 22.2 Å². The number of fused-ring (bicyclic) bond motifs is 1. The molecule has 1 aromatic heterocycles.